The van der Waals surface area contributed by atoms with E-state index < -0.39 is 11.7 Å². The smallest absolute Gasteiger partial charge is 0.313 e. The van der Waals surface area contributed by atoms with Crippen LogP contribution in [0.1, 0.15) is 20.8 Å². The zero-order valence-electron chi connectivity index (χ0n) is 6.64. The second-order valence-electron chi connectivity index (χ2n) is 2.93. The molecule has 60 valence electrons. The fraction of sp³-hybridized carbons (Fsp3) is 0.833. The Morgan fingerprint density at radius 1 is 1.60 bits per heavy atom. The predicted octanol–water partition coefficient (Wildman–Crippen LogP) is -0.0144. The Morgan fingerprint density at radius 3 is 2.10 bits per heavy atom. The monoisotopic (exact) mass is 145 g/mol. The molecule has 0 saturated heterocycles. The summed E-state index contributed by atoms with van der Waals surface area (Å²) >= 11 is 0. The molecule has 5 N–H and O–H groups in total. The molecule has 0 bridgehead atoms. The van der Waals surface area contributed by atoms with E-state index in [9.17, 15) is 4.79 Å². The summed E-state index contributed by atoms with van der Waals surface area (Å²) in [6.07, 6.45) is 0. The molecule has 0 heterocycles. The first-order valence-corrected chi connectivity index (χ1v) is 3.22. The van der Waals surface area contributed by atoms with Gasteiger partial charge in [0.05, 0.1) is 5.66 Å². The maximum Gasteiger partial charge on any atom is 0.313 e. The molecule has 4 heteroatoms. The van der Waals surface area contributed by atoms with Crippen LogP contribution in [0, 0.1) is 5.92 Å². The highest BCUT2D eigenvalue weighted by molar-refractivity contribution is 5.72. The topological polar surface area (TPSA) is 81.1 Å². The Kier molecular flexibility index (Phi) is 2.65. The van der Waals surface area contributed by atoms with Crippen molar-refractivity contribution in [3.63, 3.8) is 0 Å². The lowest BCUT2D eigenvalue weighted by molar-refractivity contribution is 0.222. The minimum absolute atomic E-state index is 0.167. The van der Waals surface area contributed by atoms with E-state index in [4.69, 9.17) is 11.5 Å². The van der Waals surface area contributed by atoms with Crippen molar-refractivity contribution < 1.29 is 4.79 Å². The lowest BCUT2D eigenvalue weighted by atomic mass is 10.00. The first kappa shape index (κ1) is 9.23. The van der Waals surface area contributed by atoms with Crippen LogP contribution in [0.3, 0.4) is 0 Å². The van der Waals surface area contributed by atoms with Gasteiger partial charge in [-0.1, -0.05) is 13.8 Å². The molecule has 0 aliphatic heterocycles. The van der Waals surface area contributed by atoms with Gasteiger partial charge in [-0.05, 0) is 12.8 Å². The van der Waals surface area contributed by atoms with Crippen LogP contribution in [-0.4, -0.2) is 11.7 Å². The van der Waals surface area contributed by atoms with Crippen LogP contribution >= 0.6 is 0 Å². The summed E-state index contributed by atoms with van der Waals surface area (Å²) in [7, 11) is 0. The quantitative estimate of drug-likeness (QED) is 0.477. The van der Waals surface area contributed by atoms with Crippen molar-refractivity contribution >= 4 is 6.03 Å². The summed E-state index contributed by atoms with van der Waals surface area (Å²) in [5.74, 6) is 0.167. The molecule has 0 aliphatic carbocycles. The number of primary amides is 1. The standard InChI is InChI=1S/C6H15N3O/c1-4(2)6(3,8)9-5(7)10/h4H,8H2,1-3H3,(H3,7,9,10). The van der Waals surface area contributed by atoms with E-state index in [0.717, 1.165) is 0 Å². The van der Waals surface area contributed by atoms with Gasteiger partial charge in [0, 0.05) is 0 Å². The number of rotatable bonds is 2. The van der Waals surface area contributed by atoms with Gasteiger partial charge in [0.1, 0.15) is 0 Å². The number of hydrogen-bond acceptors (Lipinski definition) is 2. The zero-order chi connectivity index (χ0) is 8.36. The molecule has 0 spiro atoms. The first-order valence-electron chi connectivity index (χ1n) is 3.22. The SMILES string of the molecule is CC(C)C(C)(N)NC(N)=O. The number of amides is 2. The van der Waals surface area contributed by atoms with Gasteiger partial charge in [-0.25, -0.2) is 4.79 Å². The lowest BCUT2D eigenvalue weighted by Crippen LogP contribution is -2.58. The van der Waals surface area contributed by atoms with Gasteiger partial charge >= 0.3 is 6.03 Å². The molecule has 4 nitrogen and oxygen atoms in total. The van der Waals surface area contributed by atoms with Gasteiger partial charge in [-0.3, -0.25) is 0 Å². The van der Waals surface area contributed by atoms with Crippen molar-refractivity contribution in [3.8, 4) is 0 Å². The highest BCUT2D eigenvalue weighted by atomic mass is 16.2. The van der Waals surface area contributed by atoms with Crippen molar-refractivity contribution in [2.45, 2.75) is 26.4 Å². The van der Waals surface area contributed by atoms with E-state index in [2.05, 4.69) is 5.32 Å². The number of nitrogens with one attached hydrogen (secondary N) is 1. The minimum Gasteiger partial charge on any atom is -0.352 e. The van der Waals surface area contributed by atoms with E-state index in [1.54, 1.807) is 6.92 Å². The molecule has 0 saturated carbocycles. The first-order chi connectivity index (χ1) is 4.36. The van der Waals surface area contributed by atoms with Crippen LogP contribution < -0.4 is 16.8 Å². The number of carbonyl (C=O) groups excluding carboxylic acids is 1. The number of carbonyl (C=O) groups is 1. The van der Waals surface area contributed by atoms with E-state index in [-0.39, 0.29) is 5.92 Å². The molecule has 0 fully saturated rings. The van der Waals surface area contributed by atoms with E-state index >= 15 is 0 Å². The molecule has 0 aromatic heterocycles. The number of nitrogens with two attached hydrogens (primary N) is 2. The molecular weight excluding hydrogens is 130 g/mol. The summed E-state index contributed by atoms with van der Waals surface area (Å²) < 4.78 is 0. The second kappa shape index (κ2) is 2.88. The molecule has 0 aromatic rings. The second-order valence-corrected chi connectivity index (χ2v) is 2.93. The Hall–Kier alpha value is -0.770. The van der Waals surface area contributed by atoms with Crippen molar-refractivity contribution in [2.75, 3.05) is 0 Å². The van der Waals surface area contributed by atoms with Crippen LogP contribution in [0.5, 0.6) is 0 Å². The Balaban J connectivity index is 3.99. The molecule has 0 aromatic carbocycles. The van der Waals surface area contributed by atoms with Gasteiger partial charge < -0.3 is 16.8 Å². The lowest BCUT2D eigenvalue weighted by Gasteiger charge is -2.29. The maximum absolute atomic E-state index is 10.4. The summed E-state index contributed by atoms with van der Waals surface area (Å²) in [6.45, 7) is 5.55. The van der Waals surface area contributed by atoms with Crippen molar-refractivity contribution in [2.24, 2.45) is 17.4 Å². The van der Waals surface area contributed by atoms with Gasteiger partial charge in [0.2, 0.25) is 0 Å². The van der Waals surface area contributed by atoms with Gasteiger partial charge in [-0.2, -0.15) is 0 Å². The summed E-state index contributed by atoms with van der Waals surface area (Å²) in [4.78, 5) is 10.4. The predicted molar refractivity (Wildman–Crippen MR) is 40.1 cm³/mol. The molecule has 0 rings (SSSR count). The molecule has 0 radical (unpaired) electrons. The fourth-order valence-electron chi connectivity index (χ4n) is 0.410. The Labute approximate surface area is 61.0 Å². The van der Waals surface area contributed by atoms with Crippen LogP contribution in [0.25, 0.3) is 0 Å². The normalized spacial score (nSPS) is 16.5. The fourth-order valence-corrected chi connectivity index (χ4v) is 0.410. The highest BCUT2D eigenvalue weighted by Crippen LogP contribution is 2.07. The van der Waals surface area contributed by atoms with Crippen LogP contribution in [-0.2, 0) is 0 Å². The average molecular weight is 145 g/mol. The van der Waals surface area contributed by atoms with E-state index in [1.807, 2.05) is 13.8 Å². The number of urea groups is 1. The Morgan fingerprint density at radius 2 is 2.00 bits per heavy atom. The summed E-state index contributed by atoms with van der Waals surface area (Å²) in [5.41, 5.74) is 9.83. The van der Waals surface area contributed by atoms with Crippen LogP contribution in [0.2, 0.25) is 0 Å². The van der Waals surface area contributed by atoms with Gasteiger partial charge in [0.25, 0.3) is 0 Å². The third kappa shape index (κ3) is 2.68. The van der Waals surface area contributed by atoms with Crippen molar-refractivity contribution in [3.05, 3.63) is 0 Å². The highest BCUT2D eigenvalue weighted by Gasteiger charge is 2.23. The van der Waals surface area contributed by atoms with Crippen molar-refractivity contribution in [1.82, 2.24) is 5.32 Å². The maximum atomic E-state index is 10.4. The summed E-state index contributed by atoms with van der Waals surface area (Å²) in [5, 5.41) is 2.44. The largest absolute Gasteiger partial charge is 0.352 e. The molecule has 0 aliphatic rings. The van der Waals surface area contributed by atoms with Crippen molar-refractivity contribution in [1.29, 1.82) is 0 Å². The molecule has 1 atom stereocenters. The Bertz CT molecular complexity index is 131. The van der Waals surface area contributed by atoms with Gasteiger partial charge in [0.15, 0.2) is 0 Å². The number of hydrogen-bond donors (Lipinski definition) is 3. The molecular formula is C6H15N3O. The van der Waals surface area contributed by atoms with E-state index in [0.29, 0.717) is 0 Å². The molecule has 10 heavy (non-hydrogen) atoms. The minimum atomic E-state index is -0.703. The zero-order valence-corrected chi connectivity index (χ0v) is 6.64. The third-order valence-electron chi connectivity index (χ3n) is 1.59. The van der Waals surface area contributed by atoms with E-state index in [1.165, 1.54) is 0 Å². The average Bonchev–Trinajstić information content (AvgIpc) is 1.60. The molecule has 1 unspecified atom stereocenters. The third-order valence-corrected chi connectivity index (χ3v) is 1.59. The van der Waals surface area contributed by atoms with Crippen LogP contribution in [0.4, 0.5) is 4.79 Å². The summed E-state index contributed by atoms with van der Waals surface area (Å²) in [6, 6.07) is -0.585. The van der Waals surface area contributed by atoms with Gasteiger partial charge in [-0.15, -0.1) is 0 Å². The van der Waals surface area contributed by atoms with Crippen LogP contribution in [0.15, 0.2) is 0 Å². The molecule has 2 amide bonds.